The molecule has 1 N–H and O–H groups in total. The summed E-state index contributed by atoms with van der Waals surface area (Å²) in [6.07, 6.45) is 5.09. The molecule has 34 heavy (non-hydrogen) atoms. The van der Waals surface area contributed by atoms with Crippen molar-refractivity contribution in [3.8, 4) is 0 Å². The third-order valence-electron chi connectivity index (χ3n) is 6.94. The minimum absolute atomic E-state index is 0.103. The molecular formula is C26H31N3O4S. The van der Waals surface area contributed by atoms with E-state index in [1.165, 1.54) is 25.3 Å². The lowest BCUT2D eigenvalue weighted by Gasteiger charge is -2.36. The Morgan fingerprint density at radius 2 is 1.94 bits per heavy atom. The molecule has 5 rings (SSSR count). The Labute approximate surface area is 202 Å². The van der Waals surface area contributed by atoms with Crippen LogP contribution >= 0.6 is 11.3 Å². The molecule has 7 nitrogen and oxygen atoms in total. The van der Waals surface area contributed by atoms with E-state index in [-0.39, 0.29) is 24.1 Å². The summed E-state index contributed by atoms with van der Waals surface area (Å²) in [5.41, 5.74) is 1.07. The highest BCUT2D eigenvalue weighted by atomic mass is 32.1. The molecule has 8 heteroatoms. The van der Waals surface area contributed by atoms with E-state index >= 15 is 0 Å². The van der Waals surface area contributed by atoms with E-state index in [0.29, 0.717) is 36.2 Å². The highest BCUT2D eigenvalue weighted by molar-refractivity contribution is 7.18. The van der Waals surface area contributed by atoms with Crippen molar-refractivity contribution in [3.63, 3.8) is 0 Å². The van der Waals surface area contributed by atoms with Gasteiger partial charge in [-0.25, -0.2) is 4.79 Å². The Bertz CT molecular complexity index is 1340. The number of benzene rings is 1. The molecule has 0 radical (unpaired) electrons. The van der Waals surface area contributed by atoms with Crippen LogP contribution in [0.3, 0.4) is 0 Å². The van der Waals surface area contributed by atoms with Crippen molar-refractivity contribution in [3.05, 3.63) is 67.2 Å². The third kappa shape index (κ3) is 4.36. The van der Waals surface area contributed by atoms with Crippen molar-refractivity contribution in [1.29, 1.82) is 0 Å². The molecule has 1 aromatic carbocycles. The van der Waals surface area contributed by atoms with Gasteiger partial charge in [0.1, 0.15) is 11.4 Å². The van der Waals surface area contributed by atoms with Crippen LogP contribution in [0.1, 0.15) is 61.6 Å². The number of ether oxygens (including phenoxy) is 1. The van der Waals surface area contributed by atoms with Crippen molar-refractivity contribution in [1.82, 2.24) is 14.5 Å². The van der Waals surface area contributed by atoms with Crippen LogP contribution in [0, 0.1) is 0 Å². The lowest BCUT2D eigenvalue weighted by Crippen LogP contribution is -2.47. The van der Waals surface area contributed by atoms with Crippen LogP contribution < -0.4 is 16.6 Å². The minimum atomic E-state index is -0.407. The highest BCUT2D eigenvalue weighted by Crippen LogP contribution is 2.35. The molecule has 0 bridgehead atoms. The van der Waals surface area contributed by atoms with Gasteiger partial charge in [0.05, 0.1) is 11.0 Å². The molecule has 180 valence electrons. The van der Waals surface area contributed by atoms with Gasteiger partial charge in [-0.15, -0.1) is 11.3 Å². The standard InChI is InChI=1S/C26H31N3O4S/c1-26(2)14-18(12-13-33-26)29-23(31)22-19-10-6-7-11-20(19)34-24(22)28(25(29)32)16-21(30)27-15-17-8-4-3-5-9-17/h3-5,8-9,18H,6-7,10-16H2,1-2H3,(H,27,30). The number of nitrogens with one attached hydrogen (secondary N) is 1. The summed E-state index contributed by atoms with van der Waals surface area (Å²) in [6, 6.07) is 9.44. The number of nitrogens with zero attached hydrogens (tertiary/aromatic N) is 2. The van der Waals surface area contributed by atoms with Gasteiger partial charge >= 0.3 is 5.69 Å². The Balaban J connectivity index is 1.57. The SMILES string of the molecule is CC1(C)CC(n2c(=O)c3c4c(sc3n(CC(=O)NCc3ccccc3)c2=O)CCCC4)CCO1. The predicted molar refractivity (Wildman–Crippen MR) is 134 cm³/mol. The number of hydrogen-bond acceptors (Lipinski definition) is 5. The van der Waals surface area contributed by atoms with Gasteiger partial charge in [0.25, 0.3) is 5.56 Å². The van der Waals surface area contributed by atoms with Crippen molar-refractivity contribution < 1.29 is 9.53 Å². The number of carbonyl (C=O) groups is 1. The maximum Gasteiger partial charge on any atom is 0.332 e. The Hall–Kier alpha value is -2.71. The van der Waals surface area contributed by atoms with Gasteiger partial charge in [0, 0.05) is 24.1 Å². The second-order valence-corrected chi connectivity index (χ2v) is 11.0. The number of hydrogen-bond donors (Lipinski definition) is 1. The maximum atomic E-state index is 13.8. The molecule has 1 fully saturated rings. The monoisotopic (exact) mass is 481 g/mol. The number of thiophene rings is 1. The predicted octanol–water partition coefficient (Wildman–Crippen LogP) is 3.55. The van der Waals surface area contributed by atoms with Crippen molar-refractivity contribution >= 4 is 27.5 Å². The van der Waals surface area contributed by atoms with E-state index in [9.17, 15) is 14.4 Å². The summed E-state index contributed by atoms with van der Waals surface area (Å²) >= 11 is 1.51. The Morgan fingerprint density at radius 3 is 2.71 bits per heavy atom. The lowest BCUT2D eigenvalue weighted by molar-refractivity contribution is -0.121. The fourth-order valence-electron chi connectivity index (χ4n) is 5.26. The first-order chi connectivity index (χ1) is 16.3. The second kappa shape index (κ2) is 9.15. The Kier molecular flexibility index (Phi) is 6.20. The molecule has 2 aromatic heterocycles. The summed E-state index contributed by atoms with van der Waals surface area (Å²) in [7, 11) is 0. The average molecular weight is 482 g/mol. The summed E-state index contributed by atoms with van der Waals surface area (Å²) in [5.74, 6) is -0.240. The van der Waals surface area contributed by atoms with E-state index in [1.54, 1.807) is 0 Å². The van der Waals surface area contributed by atoms with Crippen LogP contribution in [0.25, 0.3) is 10.2 Å². The molecule has 1 aliphatic carbocycles. The summed E-state index contributed by atoms with van der Waals surface area (Å²) < 4.78 is 8.79. The number of aryl methyl sites for hydroxylation is 2. The summed E-state index contributed by atoms with van der Waals surface area (Å²) in [6.45, 7) is 4.77. The third-order valence-corrected chi connectivity index (χ3v) is 8.25. The molecule has 1 aliphatic heterocycles. The van der Waals surface area contributed by atoms with E-state index in [2.05, 4.69) is 5.32 Å². The summed E-state index contributed by atoms with van der Waals surface area (Å²) in [4.78, 5) is 42.3. The molecule has 1 unspecified atom stereocenters. The van der Waals surface area contributed by atoms with Crippen LogP contribution in [0.5, 0.6) is 0 Å². The molecule has 3 heterocycles. The van der Waals surface area contributed by atoms with Crippen LogP contribution in [0.4, 0.5) is 0 Å². The van der Waals surface area contributed by atoms with Gasteiger partial charge < -0.3 is 10.1 Å². The van der Waals surface area contributed by atoms with Gasteiger partial charge in [-0.2, -0.15) is 0 Å². The highest BCUT2D eigenvalue weighted by Gasteiger charge is 2.33. The van der Waals surface area contributed by atoms with Gasteiger partial charge in [-0.3, -0.25) is 18.7 Å². The van der Waals surface area contributed by atoms with Crippen LogP contribution in [0.2, 0.25) is 0 Å². The number of rotatable bonds is 5. The first kappa shape index (κ1) is 23.1. The number of amides is 1. The molecular weight excluding hydrogens is 450 g/mol. The average Bonchev–Trinajstić information content (AvgIpc) is 3.20. The fourth-order valence-corrected chi connectivity index (χ4v) is 6.64. The van der Waals surface area contributed by atoms with Gasteiger partial charge in [-0.1, -0.05) is 30.3 Å². The van der Waals surface area contributed by atoms with E-state index in [1.807, 2.05) is 44.2 Å². The smallest absolute Gasteiger partial charge is 0.332 e. The summed E-state index contributed by atoms with van der Waals surface area (Å²) in [5, 5.41) is 3.56. The van der Waals surface area contributed by atoms with E-state index in [0.717, 1.165) is 36.8 Å². The largest absolute Gasteiger partial charge is 0.375 e. The van der Waals surface area contributed by atoms with Gasteiger partial charge in [0.15, 0.2) is 0 Å². The topological polar surface area (TPSA) is 82.3 Å². The minimum Gasteiger partial charge on any atom is -0.375 e. The first-order valence-electron chi connectivity index (χ1n) is 12.1. The Morgan fingerprint density at radius 1 is 1.18 bits per heavy atom. The number of fused-ring (bicyclic) bond motifs is 3. The van der Waals surface area contributed by atoms with Crippen LogP contribution in [-0.2, 0) is 35.5 Å². The van der Waals surface area contributed by atoms with Crippen LogP contribution in [-0.4, -0.2) is 27.2 Å². The first-order valence-corrected chi connectivity index (χ1v) is 12.9. The molecule has 0 saturated carbocycles. The van der Waals surface area contributed by atoms with Crippen molar-refractivity contribution in [2.75, 3.05) is 6.61 Å². The molecule has 1 saturated heterocycles. The molecule has 0 spiro atoms. The second-order valence-electron chi connectivity index (χ2n) is 9.95. The van der Waals surface area contributed by atoms with E-state index in [4.69, 9.17) is 4.74 Å². The normalized spacial score (nSPS) is 19.6. The quantitative estimate of drug-likeness (QED) is 0.604. The molecule has 3 aromatic rings. The maximum absolute atomic E-state index is 13.8. The van der Waals surface area contributed by atoms with E-state index < -0.39 is 11.3 Å². The fraction of sp³-hybridized carbons (Fsp3) is 0.500. The van der Waals surface area contributed by atoms with Gasteiger partial charge in [-0.05, 0) is 63.5 Å². The zero-order valence-corrected chi connectivity index (χ0v) is 20.6. The number of carbonyl (C=O) groups excluding carboxylic acids is 1. The zero-order chi connectivity index (χ0) is 23.9. The van der Waals surface area contributed by atoms with Crippen LogP contribution in [0.15, 0.2) is 39.9 Å². The molecule has 1 amide bonds. The molecule has 1 atom stereocenters. The van der Waals surface area contributed by atoms with Gasteiger partial charge in [0.2, 0.25) is 5.91 Å². The van der Waals surface area contributed by atoms with Crippen molar-refractivity contribution in [2.24, 2.45) is 0 Å². The van der Waals surface area contributed by atoms with Crippen molar-refractivity contribution in [2.45, 2.75) is 77.1 Å². The lowest BCUT2D eigenvalue weighted by atomic mass is 9.93. The zero-order valence-electron chi connectivity index (χ0n) is 19.8. The number of aromatic nitrogens is 2. The molecule has 2 aliphatic rings.